The standard InChI is InChI=1S/C21H17O2P/c1-16-21(19-14-8-9-15-20(19)23-16)24(22,17-10-4-2-5-11-17)18-12-6-3-7-13-18/h2-15H,1H3. The zero-order valence-corrected chi connectivity index (χ0v) is 14.2. The number of fused-ring (bicyclic) bond motifs is 1. The van der Waals surface area contributed by atoms with Gasteiger partial charge in [0, 0.05) is 16.0 Å². The van der Waals surface area contributed by atoms with E-state index in [4.69, 9.17) is 4.42 Å². The number of para-hydroxylation sites is 1. The average Bonchev–Trinajstić information content (AvgIpc) is 2.99. The number of furan rings is 1. The van der Waals surface area contributed by atoms with Gasteiger partial charge in [-0.3, -0.25) is 0 Å². The van der Waals surface area contributed by atoms with Crippen LogP contribution in [-0.4, -0.2) is 0 Å². The summed E-state index contributed by atoms with van der Waals surface area (Å²) in [6.07, 6.45) is 0. The molecule has 0 amide bonds. The molecule has 4 rings (SSSR count). The Balaban J connectivity index is 2.11. The van der Waals surface area contributed by atoms with Crippen LogP contribution in [0.3, 0.4) is 0 Å². The largest absolute Gasteiger partial charge is 0.461 e. The van der Waals surface area contributed by atoms with E-state index in [1.165, 1.54) is 0 Å². The van der Waals surface area contributed by atoms with Crippen LogP contribution in [-0.2, 0) is 4.57 Å². The molecular weight excluding hydrogens is 315 g/mol. The van der Waals surface area contributed by atoms with Crippen LogP contribution in [0.4, 0.5) is 0 Å². The van der Waals surface area contributed by atoms with Crippen LogP contribution < -0.4 is 15.9 Å². The first-order valence-corrected chi connectivity index (χ1v) is 9.62. The van der Waals surface area contributed by atoms with Crippen molar-refractivity contribution >= 4 is 34.0 Å². The molecule has 3 heteroatoms. The van der Waals surface area contributed by atoms with Crippen molar-refractivity contribution in [3.63, 3.8) is 0 Å². The van der Waals surface area contributed by atoms with Crippen molar-refractivity contribution < 1.29 is 8.98 Å². The number of benzene rings is 3. The van der Waals surface area contributed by atoms with Crippen LogP contribution in [0.15, 0.2) is 89.3 Å². The fourth-order valence-corrected chi connectivity index (χ4v) is 6.24. The Morgan fingerprint density at radius 3 is 1.79 bits per heavy atom. The molecule has 0 atom stereocenters. The molecule has 0 aliphatic rings. The predicted octanol–water partition coefficient (Wildman–Crippen LogP) is 4.38. The normalized spacial score (nSPS) is 11.7. The zero-order chi connectivity index (χ0) is 16.6. The Bertz CT molecular complexity index is 990. The monoisotopic (exact) mass is 332 g/mol. The third kappa shape index (κ3) is 2.23. The molecule has 24 heavy (non-hydrogen) atoms. The highest BCUT2D eigenvalue weighted by atomic mass is 31.2. The van der Waals surface area contributed by atoms with Crippen molar-refractivity contribution in [3.8, 4) is 0 Å². The first kappa shape index (κ1) is 15.0. The van der Waals surface area contributed by atoms with Crippen LogP contribution in [0.1, 0.15) is 5.76 Å². The van der Waals surface area contributed by atoms with E-state index in [2.05, 4.69) is 0 Å². The van der Waals surface area contributed by atoms with Gasteiger partial charge in [-0.2, -0.15) is 0 Å². The minimum absolute atomic E-state index is 0.715. The molecule has 3 aromatic carbocycles. The molecule has 118 valence electrons. The molecule has 4 aromatic rings. The van der Waals surface area contributed by atoms with Crippen LogP contribution in [0, 0.1) is 6.92 Å². The van der Waals surface area contributed by atoms with E-state index in [1.807, 2.05) is 91.9 Å². The maximum atomic E-state index is 14.5. The van der Waals surface area contributed by atoms with Gasteiger partial charge in [0.2, 0.25) is 0 Å². The van der Waals surface area contributed by atoms with Crippen molar-refractivity contribution in [2.45, 2.75) is 6.92 Å². The second-order valence-electron chi connectivity index (χ2n) is 5.78. The highest BCUT2D eigenvalue weighted by molar-refractivity contribution is 7.85. The highest BCUT2D eigenvalue weighted by Gasteiger charge is 2.34. The molecule has 0 aliphatic carbocycles. The molecule has 0 saturated heterocycles. The molecule has 0 bridgehead atoms. The fraction of sp³-hybridized carbons (Fsp3) is 0.0476. The van der Waals surface area contributed by atoms with Gasteiger partial charge >= 0.3 is 0 Å². The molecule has 2 nitrogen and oxygen atoms in total. The van der Waals surface area contributed by atoms with E-state index in [1.54, 1.807) is 0 Å². The molecule has 0 spiro atoms. The lowest BCUT2D eigenvalue weighted by molar-refractivity contribution is 0.577. The molecule has 0 aliphatic heterocycles. The summed E-state index contributed by atoms with van der Waals surface area (Å²) in [5, 5.41) is 3.37. The van der Waals surface area contributed by atoms with E-state index in [0.29, 0.717) is 5.76 Å². The fourth-order valence-electron chi connectivity index (χ4n) is 3.23. The Morgan fingerprint density at radius 2 is 1.21 bits per heavy atom. The van der Waals surface area contributed by atoms with E-state index >= 15 is 0 Å². The first-order valence-electron chi connectivity index (χ1n) is 7.91. The van der Waals surface area contributed by atoms with Gasteiger partial charge in [0.15, 0.2) is 7.14 Å². The van der Waals surface area contributed by atoms with Gasteiger partial charge in [0.1, 0.15) is 11.3 Å². The lowest BCUT2D eigenvalue weighted by Crippen LogP contribution is -2.25. The molecular formula is C21H17O2P. The zero-order valence-electron chi connectivity index (χ0n) is 13.3. The minimum Gasteiger partial charge on any atom is -0.461 e. The molecule has 0 saturated carbocycles. The van der Waals surface area contributed by atoms with Crippen LogP contribution >= 0.6 is 7.14 Å². The molecule has 0 N–H and O–H groups in total. The smallest absolute Gasteiger partial charge is 0.175 e. The number of rotatable bonds is 3. The Hall–Kier alpha value is -2.57. The average molecular weight is 332 g/mol. The lowest BCUT2D eigenvalue weighted by atomic mass is 10.2. The number of hydrogen-bond acceptors (Lipinski definition) is 2. The summed E-state index contributed by atoms with van der Waals surface area (Å²) in [6.45, 7) is 1.90. The second kappa shape index (κ2) is 5.81. The summed E-state index contributed by atoms with van der Waals surface area (Å²) in [6, 6.07) is 27.2. The maximum Gasteiger partial charge on any atom is 0.175 e. The molecule has 1 aromatic heterocycles. The summed E-state index contributed by atoms with van der Waals surface area (Å²) in [4.78, 5) is 0. The van der Waals surface area contributed by atoms with Gasteiger partial charge in [0.25, 0.3) is 0 Å². The third-order valence-electron chi connectivity index (χ3n) is 4.29. The Morgan fingerprint density at radius 1 is 0.708 bits per heavy atom. The lowest BCUT2D eigenvalue weighted by Gasteiger charge is -2.19. The summed E-state index contributed by atoms with van der Waals surface area (Å²) in [5.74, 6) is 0.715. The summed E-state index contributed by atoms with van der Waals surface area (Å²) in [7, 11) is -3.01. The summed E-state index contributed by atoms with van der Waals surface area (Å²) in [5.41, 5.74) is 0.775. The van der Waals surface area contributed by atoms with Crippen molar-refractivity contribution in [2.75, 3.05) is 0 Å². The Labute approximate surface area is 141 Å². The van der Waals surface area contributed by atoms with E-state index < -0.39 is 7.14 Å². The molecule has 1 heterocycles. The van der Waals surface area contributed by atoms with Gasteiger partial charge in [-0.1, -0.05) is 78.9 Å². The minimum atomic E-state index is -3.01. The SMILES string of the molecule is Cc1oc2ccccc2c1P(=O)(c1ccccc1)c1ccccc1. The van der Waals surface area contributed by atoms with Gasteiger partial charge in [-0.15, -0.1) is 0 Å². The quantitative estimate of drug-likeness (QED) is 0.521. The van der Waals surface area contributed by atoms with E-state index in [9.17, 15) is 4.57 Å². The first-order chi connectivity index (χ1) is 11.7. The molecule has 0 radical (unpaired) electrons. The van der Waals surface area contributed by atoms with Crippen molar-refractivity contribution in [3.05, 3.63) is 90.7 Å². The summed E-state index contributed by atoms with van der Waals surface area (Å²) >= 11 is 0. The molecule has 0 fully saturated rings. The maximum absolute atomic E-state index is 14.5. The number of hydrogen-bond donors (Lipinski definition) is 0. The van der Waals surface area contributed by atoms with Gasteiger partial charge in [0.05, 0.1) is 5.30 Å². The van der Waals surface area contributed by atoms with Gasteiger partial charge < -0.3 is 8.98 Å². The van der Waals surface area contributed by atoms with E-state index in [-0.39, 0.29) is 0 Å². The van der Waals surface area contributed by atoms with Crippen molar-refractivity contribution in [1.82, 2.24) is 0 Å². The highest BCUT2D eigenvalue weighted by Crippen LogP contribution is 2.46. The van der Waals surface area contributed by atoms with Gasteiger partial charge in [-0.05, 0) is 13.0 Å². The molecule has 0 unspecified atom stereocenters. The number of aryl methyl sites for hydroxylation is 1. The van der Waals surface area contributed by atoms with Crippen LogP contribution in [0.25, 0.3) is 11.0 Å². The van der Waals surface area contributed by atoms with Crippen LogP contribution in [0.2, 0.25) is 0 Å². The third-order valence-corrected chi connectivity index (χ3v) is 7.53. The van der Waals surface area contributed by atoms with Crippen molar-refractivity contribution in [2.24, 2.45) is 0 Å². The van der Waals surface area contributed by atoms with E-state index in [0.717, 1.165) is 26.9 Å². The van der Waals surface area contributed by atoms with Gasteiger partial charge in [-0.25, -0.2) is 0 Å². The van der Waals surface area contributed by atoms with Crippen LogP contribution in [0.5, 0.6) is 0 Å². The topological polar surface area (TPSA) is 30.2 Å². The van der Waals surface area contributed by atoms with Crippen molar-refractivity contribution in [1.29, 1.82) is 0 Å². The Kier molecular flexibility index (Phi) is 3.63. The second-order valence-corrected chi connectivity index (χ2v) is 8.48. The predicted molar refractivity (Wildman–Crippen MR) is 100 cm³/mol. The summed E-state index contributed by atoms with van der Waals surface area (Å²) < 4.78 is 20.4.